The van der Waals surface area contributed by atoms with Gasteiger partial charge >= 0.3 is 0 Å². The van der Waals surface area contributed by atoms with E-state index in [1.165, 1.54) is 4.90 Å². The van der Waals surface area contributed by atoms with E-state index >= 15 is 0 Å². The molecule has 1 N–H and O–H groups in total. The monoisotopic (exact) mass is 346 g/mol. The van der Waals surface area contributed by atoms with Crippen molar-refractivity contribution in [3.8, 4) is 11.5 Å². The lowest BCUT2D eigenvalue weighted by Crippen LogP contribution is -2.44. The Morgan fingerprint density at radius 2 is 1.88 bits per heavy atom. The number of ether oxygens (including phenoxy) is 1. The van der Waals surface area contributed by atoms with Crippen molar-refractivity contribution in [3.63, 3.8) is 0 Å². The number of halogens is 2. The van der Waals surface area contributed by atoms with E-state index in [4.69, 9.17) is 4.74 Å². The zero-order valence-corrected chi connectivity index (χ0v) is 13.7. The van der Waals surface area contributed by atoms with Crippen LogP contribution in [0.15, 0.2) is 54.6 Å². The average Bonchev–Trinajstić information content (AvgIpc) is 3.15. The predicted molar refractivity (Wildman–Crippen MR) is 91.3 cm³/mol. The van der Waals surface area contributed by atoms with Crippen LogP contribution < -0.4 is 10.1 Å². The molecule has 6 heteroatoms. The van der Waals surface area contributed by atoms with Gasteiger partial charge in [-0.1, -0.05) is 30.3 Å². The van der Waals surface area contributed by atoms with Gasteiger partial charge in [-0.2, -0.15) is 0 Å². The zero-order chi connectivity index (χ0) is 17.6. The Balaban J connectivity index is 1.87. The largest absolute Gasteiger partial charge is 0.457 e. The zero-order valence-electron chi connectivity index (χ0n) is 13.7. The number of amides is 1. The first kappa shape index (κ1) is 17.4. The third-order valence-corrected chi connectivity index (χ3v) is 4.16. The number of nitrogens with zero attached hydrogens (tertiary/aromatic N) is 1. The molecule has 3 rings (SSSR count). The topological polar surface area (TPSA) is 41.6 Å². The standard InChI is InChI=1S/C19H20F2N2O2/c20-18(21)13-23(14-10-11-22-12-14)19(24)16-8-4-5-9-17(16)25-15-6-2-1-3-7-15/h1-9,14,18,22H,10-13H2. The first-order chi connectivity index (χ1) is 12.1. The molecule has 0 spiro atoms. The van der Waals surface area contributed by atoms with Crippen LogP contribution in [0, 0.1) is 0 Å². The summed E-state index contributed by atoms with van der Waals surface area (Å²) in [6.45, 7) is 0.671. The Morgan fingerprint density at radius 3 is 2.56 bits per heavy atom. The summed E-state index contributed by atoms with van der Waals surface area (Å²) in [5, 5.41) is 3.12. The maximum Gasteiger partial charge on any atom is 0.258 e. The van der Waals surface area contributed by atoms with Crippen LogP contribution in [0.3, 0.4) is 0 Å². The highest BCUT2D eigenvalue weighted by Crippen LogP contribution is 2.27. The minimum atomic E-state index is -2.58. The van der Waals surface area contributed by atoms with Crippen molar-refractivity contribution in [1.82, 2.24) is 10.2 Å². The molecule has 2 aromatic carbocycles. The summed E-state index contributed by atoms with van der Waals surface area (Å²) in [5.41, 5.74) is 0.291. The summed E-state index contributed by atoms with van der Waals surface area (Å²) in [6.07, 6.45) is -1.91. The Morgan fingerprint density at radius 1 is 1.16 bits per heavy atom. The lowest BCUT2D eigenvalue weighted by Gasteiger charge is -2.29. The quantitative estimate of drug-likeness (QED) is 0.870. The predicted octanol–water partition coefficient (Wildman–Crippen LogP) is 3.55. The highest BCUT2D eigenvalue weighted by molar-refractivity contribution is 5.97. The Hall–Kier alpha value is -2.47. The summed E-state index contributed by atoms with van der Waals surface area (Å²) in [4.78, 5) is 14.2. The van der Waals surface area contributed by atoms with Crippen LogP contribution in [0.5, 0.6) is 11.5 Å². The van der Waals surface area contributed by atoms with E-state index in [1.54, 1.807) is 36.4 Å². The molecule has 1 aliphatic heterocycles. The van der Waals surface area contributed by atoms with Crippen LogP contribution in [0.2, 0.25) is 0 Å². The number of carbonyl (C=O) groups excluding carboxylic acids is 1. The van der Waals surface area contributed by atoms with Crippen molar-refractivity contribution < 1.29 is 18.3 Å². The minimum Gasteiger partial charge on any atom is -0.457 e. The van der Waals surface area contributed by atoms with Crippen molar-refractivity contribution in [2.75, 3.05) is 19.6 Å². The van der Waals surface area contributed by atoms with Crippen LogP contribution in [-0.2, 0) is 0 Å². The maximum absolute atomic E-state index is 13.0. The molecular formula is C19H20F2N2O2. The highest BCUT2D eigenvalue weighted by atomic mass is 19.3. The molecule has 1 saturated heterocycles. The molecule has 0 saturated carbocycles. The van der Waals surface area contributed by atoms with Crippen LogP contribution >= 0.6 is 0 Å². The third kappa shape index (κ3) is 4.33. The van der Waals surface area contributed by atoms with Gasteiger partial charge in [0.05, 0.1) is 12.1 Å². The number of para-hydroxylation sites is 2. The summed E-state index contributed by atoms with van der Waals surface area (Å²) in [6, 6.07) is 15.6. The van der Waals surface area contributed by atoms with E-state index in [-0.39, 0.29) is 6.04 Å². The van der Waals surface area contributed by atoms with Gasteiger partial charge in [0.2, 0.25) is 0 Å². The molecule has 1 aliphatic rings. The van der Waals surface area contributed by atoms with E-state index in [1.807, 2.05) is 18.2 Å². The number of carbonyl (C=O) groups is 1. The number of nitrogens with one attached hydrogen (secondary N) is 1. The molecule has 0 bridgehead atoms. The SMILES string of the molecule is O=C(c1ccccc1Oc1ccccc1)N(CC(F)F)C1CCNC1. The number of alkyl halides is 2. The molecule has 1 amide bonds. The number of hydrogen-bond donors (Lipinski definition) is 1. The molecular weight excluding hydrogens is 326 g/mol. The van der Waals surface area contributed by atoms with Gasteiger partial charge in [-0.3, -0.25) is 4.79 Å². The maximum atomic E-state index is 13.0. The van der Waals surface area contributed by atoms with Crippen molar-refractivity contribution >= 4 is 5.91 Å². The van der Waals surface area contributed by atoms with Crippen LogP contribution in [0.1, 0.15) is 16.8 Å². The molecule has 0 aromatic heterocycles. The van der Waals surface area contributed by atoms with Crippen molar-refractivity contribution in [2.24, 2.45) is 0 Å². The molecule has 1 atom stereocenters. The lowest BCUT2D eigenvalue weighted by molar-refractivity contribution is 0.0454. The van der Waals surface area contributed by atoms with E-state index < -0.39 is 18.9 Å². The van der Waals surface area contributed by atoms with E-state index in [9.17, 15) is 13.6 Å². The van der Waals surface area contributed by atoms with Gasteiger partial charge in [-0.05, 0) is 37.2 Å². The molecule has 132 valence electrons. The van der Waals surface area contributed by atoms with Crippen LogP contribution in [0.25, 0.3) is 0 Å². The average molecular weight is 346 g/mol. The normalized spacial score (nSPS) is 16.8. The fourth-order valence-electron chi connectivity index (χ4n) is 2.95. The van der Waals surface area contributed by atoms with Crippen LogP contribution in [-0.4, -0.2) is 42.9 Å². The number of benzene rings is 2. The van der Waals surface area contributed by atoms with Gasteiger partial charge in [0, 0.05) is 12.6 Å². The number of rotatable bonds is 6. The van der Waals surface area contributed by atoms with Crippen molar-refractivity contribution in [2.45, 2.75) is 18.9 Å². The molecule has 1 fully saturated rings. The van der Waals surface area contributed by atoms with E-state index in [2.05, 4.69) is 5.32 Å². The second-order valence-electron chi connectivity index (χ2n) is 5.91. The molecule has 4 nitrogen and oxygen atoms in total. The summed E-state index contributed by atoms with van der Waals surface area (Å²) >= 11 is 0. The molecule has 1 unspecified atom stereocenters. The van der Waals surface area contributed by atoms with Gasteiger partial charge < -0.3 is 15.0 Å². The van der Waals surface area contributed by atoms with Gasteiger partial charge in [-0.15, -0.1) is 0 Å². The fraction of sp³-hybridized carbons (Fsp3) is 0.316. The van der Waals surface area contributed by atoms with E-state index in [0.29, 0.717) is 30.0 Å². The summed E-state index contributed by atoms with van der Waals surface area (Å²) in [7, 11) is 0. The van der Waals surface area contributed by atoms with Gasteiger partial charge in [0.25, 0.3) is 12.3 Å². The highest BCUT2D eigenvalue weighted by Gasteiger charge is 2.30. The molecule has 0 radical (unpaired) electrons. The summed E-state index contributed by atoms with van der Waals surface area (Å²) < 4.78 is 31.8. The first-order valence-corrected chi connectivity index (χ1v) is 8.27. The lowest BCUT2D eigenvalue weighted by atomic mass is 10.1. The molecule has 2 aromatic rings. The van der Waals surface area contributed by atoms with Gasteiger partial charge in [0.15, 0.2) is 0 Å². The summed E-state index contributed by atoms with van der Waals surface area (Å²) in [5.74, 6) is 0.523. The molecule has 1 heterocycles. The van der Waals surface area contributed by atoms with Gasteiger partial charge in [-0.25, -0.2) is 8.78 Å². The second kappa shape index (κ2) is 8.07. The van der Waals surface area contributed by atoms with E-state index in [0.717, 1.165) is 6.54 Å². The second-order valence-corrected chi connectivity index (χ2v) is 5.91. The van der Waals surface area contributed by atoms with Crippen molar-refractivity contribution in [1.29, 1.82) is 0 Å². The van der Waals surface area contributed by atoms with Gasteiger partial charge in [0.1, 0.15) is 11.5 Å². The minimum absolute atomic E-state index is 0.230. The Kier molecular flexibility index (Phi) is 5.60. The first-order valence-electron chi connectivity index (χ1n) is 8.27. The number of hydrogen-bond acceptors (Lipinski definition) is 3. The molecule has 25 heavy (non-hydrogen) atoms. The smallest absolute Gasteiger partial charge is 0.258 e. The van der Waals surface area contributed by atoms with Crippen molar-refractivity contribution in [3.05, 3.63) is 60.2 Å². The third-order valence-electron chi connectivity index (χ3n) is 4.16. The molecule has 0 aliphatic carbocycles. The Bertz CT molecular complexity index is 704. The Labute approximate surface area is 145 Å². The fourth-order valence-corrected chi connectivity index (χ4v) is 2.95. The van der Waals surface area contributed by atoms with Crippen LogP contribution in [0.4, 0.5) is 8.78 Å².